The third-order valence-corrected chi connectivity index (χ3v) is 6.29. The molecule has 0 radical (unpaired) electrons. The lowest BCUT2D eigenvalue weighted by molar-refractivity contribution is -0.122. The SMILES string of the molecule is CC(NC(=O)CN1CCCN(CC2CCCCC2)CC1)c1ccc(Cl)cc1. The highest BCUT2D eigenvalue weighted by Crippen LogP contribution is 2.24. The summed E-state index contributed by atoms with van der Waals surface area (Å²) in [7, 11) is 0. The lowest BCUT2D eigenvalue weighted by atomic mass is 9.89. The number of amides is 1. The number of benzene rings is 1. The first kappa shape index (κ1) is 20.6. The average molecular weight is 392 g/mol. The smallest absolute Gasteiger partial charge is 0.234 e. The van der Waals surface area contributed by atoms with Crippen molar-refractivity contribution in [1.82, 2.24) is 15.1 Å². The van der Waals surface area contributed by atoms with Crippen molar-refractivity contribution in [3.05, 3.63) is 34.9 Å². The van der Waals surface area contributed by atoms with Gasteiger partial charge in [-0.05, 0) is 62.9 Å². The summed E-state index contributed by atoms with van der Waals surface area (Å²) in [5.41, 5.74) is 1.09. The van der Waals surface area contributed by atoms with Crippen molar-refractivity contribution in [3.63, 3.8) is 0 Å². The van der Waals surface area contributed by atoms with Gasteiger partial charge in [0, 0.05) is 24.7 Å². The molecular weight excluding hydrogens is 358 g/mol. The molecule has 1 saturated heterocycles. The first-order valence-corrected chi connectivity index (χ1v) is 11.0. The molecule has 1 atom stereocenters. The Labute approximate surface area is 169 Å². The Bertz CT molecular complexity index is 586. The van der Waals surface area contributed by atoms with Crippen molar-refractivity contribution >= 4 is 17.5 Å². The van der Waals surface area contributed by atoms with Crippen LogP contribution in [-0.4, -0.2) is 55.0 Å². The van der Waals surface area contributed by atoms with E-state index in [0.29, 0.717) is 6.54 Å². The number of nitrogens with zero attached hydrogens (tertiary/aromatic N) is 2. The first-order chi connectivity index (χ1) is 13.1. The van der Waals surface area contributed by atoms with Gasteiger partial charge in [-0.1, -0.05) is 43.0 Å². The molecule has 27 heavy (non-hydrogen) atoms. The van der Waals surface area contributed by atoms with Crippen molar-refractivity contribution in [3.8, 4) is 0 Å². The van der Waals surface area contributed by atoms with Gasteiger partial charge in [-0.15, -0.1) is 0 Å². The third kappa shape index (κ3) is 6.78. The standard InChI is InChI=1S/C22H34ClN3O/c1-18(20-8-10-21(23)11-9-20)24-22(27)17-26-13-5-12-25(14-15-26)16-19-6-3-2-4-7-19/h8-11,18-19H,2-7,12-17H2,1H3,(H,24,27). The first-order valence-electron chi connectivity index (χ1n) is 10.6. The second kappa shape index (κ2) is 10.4. The molecule has 0 bridgehead atoms. The lowest BCUT2D eigenvalue weighted by Crippen LogP contribution is -2.40. The molecule has 1 N–H and O–H groups in total. The Morgan fingerprint density at radius 1 is 1.04 bits per heavy atom. The second-order valence-corrected chi connectivity index (χ2v) is 8.71. The number of rotatable bonds is 6. The van der Waals surface area contributed by atoms with Gasteiger partial charge in [-0.25, -0.2) is 0 Å². The fourth-order valence-corrected chi connectivity index (χ4v) is 4.55. The minimum absolute atomic E-state index is 0.00421. The van der Waals surface area contributed by atoms with Crippen LogP contribution in [0.5, 0.6) is 0 Å². The molecule has 3 rings (SSSR count). The molecule has 1 saturated carbocycles. The second-order valence-electron chi connectivity index (χ2n) is 8.28. The van der Waals surface area contributed by atoms with E-state index >= 15 is 0 Å². The van der Waals surface area contributed by atoms with Gasteiger partial charge in [0.15, 0.2) is 0 Å². The van der Waals surface area contributed by atoms with Crippen LogP contribution in [0.2, 0.25) is 5.02 Å². The maximum Gasteiger partial charge on any atom is 0.234 e. The molecule has 150 valence electrons. The molecule has 1 heterocycles. The number of hydrogen-bond donors (Lipinski definition) is 1. The molecule has 1 aromatic carbocycles. The summed E-state index contributed by atoms with van der Waals surface area (Å²) in [6.45, 7) is 8.06. The van der Waals surface area contributed by atoms with E-state index in [2.05, 4.69) is 15.1 Å². The normalized spacial score (nSPS) is 21.6. The van der Waals surface area contributed by atoms with Crippen molar-refractivity contribution in [1.29, 1.82) is 0 Å². The Balaban J connectivity index is 1.41. The maximum absolute atomic E-state index is 12.5. The zero-order valence-corrected chi connectivity index (χ0v) is 17.4. The van der Waals surface area contributed by atoms with E-state index < -0.39 is 0 Å². The largest absolute Gasteiger partial charge is 0.348 e. The molecule has 1 unspecified atom stereocenters. The number of carbonyl (C=O) groups excluding carboxylic acids is 1. The van der Waals surface area contributed by atoms with Crippen LogP contribution >= 0.6 is 11.6 Å². The highest BCUT2D eigenvalue weighted by atomic mass is 35.5. The highest BCUT2D eigenvalue weighted by molar-refractivity contribution is 6.30. The summed E-state index contributed by atoms with van der Waals surface area (Å²) < 4.78 is 0. The highest BCUT2D eigenvalue weighted by Gasteiger charge is 2.21. The summed E-state index contributed by atoms with van der Waals surface area (Å²) in [6, 6.07) is 7.69. The molecule has 1 amide bonds. The Hall–Kier alpha value is -1.10. The van der Waals surface area contributed by atoms with Crippen LogP contribution < -0.4 is 5.32 Å². The van der Waals surface area contributed by atoms with Crippen molar-refractivity contribution in [2.45, 2.75) is 51.5 Å². The van der Waals surface area contributed by atoms with Gasteiger partial charge in [0.25, 0.3) is 0 Å². The Morgan fingerprint density at radius 3 is 2.44 bits per heavy atom. The summed E-state index contributed by atoms with van der Waals surface area (Å²) in [5, 5.41) is 3.84. The monoisotopic (exact) mass is 391 g/mol. The number of nitrogens with one attached hydrogen (secondary N) is 1. The van der Waals surface area contributed by atoms with Crippen LogP contribution in [0.15, 0.2) is 24.3 Å². The molecule has 1 aliphatic heterocycles. The predicted molar refractivity (Wildman–Crippen MR) is 112 cm³/mol. The topological polar surface area (TPSA) is 35.6 Å². The van der Waals surface area contributed by atoms with Crippen LogP contribution in [0.3, 0.4) is 0 Å². The fraction of sp³-hybridized carbons (Fsp3) is 0.682. The fourth-order valence-electron chi connectivity index (χ4n) is 4.42. The summed E-state index contributed by atoms with van der Waals surface area (Å²) in [6.07, 6.45) is 8.23. The van der Waals surface area contributed by atoms with Crippen LogP contribution in [0.1, 0.15) is 57.1 Å². The van der Waals surface area contributed by atoms with Crippen LogP contribution in [0, 0.1) is 5.92 Å². The van der Waals surface area contributed by atoms with E-state index in [1.54, 1.807) is 0 Å². The average Bonchev–Trinajstić information content (AvgIpc) is 2.88. The van der Waals surface area contributed by atoms with Gasteiger partial charge in [-0.3, -0.25) is 9.69 Å². The van der Waals surface area contributed by atoms with Crippen molar-refractivity contribution < 1.29 is 4.79 Å². The molecule has 0 spiro atoms. The van der Waals surface area contributed by atoms with Gasteiger partial charge in [0.1, 0.15) is 0 Å². The van der Waals surface area contributed by atoms with Gasteiger partial charge in [0.2, 0.25) is 5.91 Å². The molecular formula is C22H34ClN3O. The molecule has 2 fully saturated rings. The molecule has 2 aliphatic rings. The summed E-state index contributed by atoms with van der Waals surface area (Å²) in [5.74, 6) is 1.01. The van der Waals surface area contributed by atoms with Crippen molar-refractivity contribution in [2.24, 2.45) is 5.92 Å². The quantitative estimate of drug-likeness (QED) is 0.792. The van der Waals surface area contributed by atoms with E-state index in [4.69, 9.17) is 11.6 Å². The number of hydrogen-bond acceptors (Lipinski definition) is 3. The minimum atomic E-state index is 0.00421. The maximum atomic E-state index is 12.5. The zero-order valence-electron chi connectivity index (χ0n) is 16.6. The molecule has 4 nitrogen and oxygen atoms in total. The van der Waals surface area contributed by atoms with Crippen LogP contribution in [0.25, 0.3) is 0 Å². The lowest BCUT2D eigenvalue weighted by Gasteiger charge is -2.28. The van der Waals surface area contributed by atoms with E-state index in [1.807, 2.05) is 31.2 Å². The summed E-state index contributed by atoms with van der Waals surface area (Å²) in [4.78, 5) is 17.4. The zero-order chi connectivity index (χ0) is 19.1. The van der Waals surface area contributed by atoms with E-state index in [-0.39, 0.29) is 11.9 Å². The number of halogens is 1. The Morgan fingerprint density at radius 2 is 1.70 bits per heavy atom. The predicted octanol–water partition coefficient (Wildman–Crippen LogP) is 4.11. The van der Waals surface area contributed by atoms with Crippen LogP contribution in [-0.2, 0) is 4.79 Å². The molecule has 5 heteroatoms. The summed E-state index contributed by atoms with van der Waals surface area (Å²) >= 11 is 5.94. The molecule has 1 aliphatic carbocycles. The van der Waals surface area contributed by atoms with Gasteiger partial charge in [-0.2, -0.15) is 0 Å². The molecule has 0 aromatic heterocycles. The number of carbonyl (C=O) groups is 1. The molecule has 1 aromatic rings. The third-order valence-electron chi connectivity index (χ3n) is 6.04. The van der Waals surface area contributed by atoms with E-state index in [1.165, 1.54) is 45.2 Å². The van der Waals surface area contributed by atoms with Crippen molar-refractivity contribution in [2.75, 3.05) is 39.3 Å². The van der Waals surface area contributed by atoms with Gasteiger partial charge in [0.05, 0.1) is 12.6 Å². The van der Waals surface area contributed by atoms with E-state index in [0.717, 1.165) is 42.6 Å². The minimum Gasteiger partial charge on any atom is -0.348 e. The van der Waals surface area contributed by atoms with Gasteiger partial charge < -0.3 is 10.2 Å². The van der Waals surface area contributed by atoms with Crippen LogP contribution in [0.4, 0.5) is 0 Å². The van der Waals surface area contributed by atoms with E-state index in [9.17, 15) is 4.79 Å². The van der Waals surface area contributed by atoms with Gasteiger partial charge >= 0.3 is 0 Å². The Kier molecular flexibility index (Phi) is 7.98.